The molecule has 0 spiro atoms. The molecule has 1 aliphatic rings. The van der Waals surface area contributed by atoms with Gasteiger partial charge in [-0.15, -0.1) is 0 Å². The number of benzene rings is 1. The smallest absolute Gasteiger partial charge is 0.247 e. The van der Waals surface area contributed by atoms with E-state index in [4.69, 9.17) is 5.73 Å². The molecule has 0 unspecified atom stereocenters. The zero-order valence-electron chi connectivity index (χ0n) is 12.0. The molecule has 0 radical (unpaired) electrons. The number of amides is 1. The maximum absolute atomic E-state index is 12.4. The molecule has 0 aliphatic carbocycles. The number of carbonyl (C=O) groups excluding carboxylic acids is 1. The van der Waals surface area contributed by atoms with E-state index in [1.165, 1.54) is 0 Å². The lowest BCUT2D eigenvalue weighted by atomic mass is 9.96. The first-order valence-electron chi connectivity index (χ1n) is 6.67. The van der Waals surface area contributed by atoms with Crippen molar-refractivity contribution in [1.82, 2.24) is 15.1 Å². The van der Waals surface area contributed by atoms with Crippen molar-refractivity contribution in [2.75, 3.05) is 30.8 Å². The van der Waals surface area contributed by atoms with Crippen LogP contribution in [-0.2, 0) is 4.79 Å². The summed E-state index contributed by atoms with van der Waals surface area (Å²) in [4.78, 5) is 16.2. The fourth-order valence-electron chi connectivity index (χ4n) is 2.87. The van der Waals surface area contributed by atoms with E-state index in [0.717, 1.165) is 23.1 Å². The number of H-pyrrole nitrogens is 1. The highest BCUT2D eigenvalue weighted by molar-refractivity contribution is 5.95. The molecule has 106 valence electrons. The predicted molar refractivity (Wildman–Crippen MR) is 79.6 cm³/mol. The second-order valence-corrected chi connectivity index (χ2v) is 5.81. The Morgan fingerprint density at radius 1 is 1.35 bits per heavy atom. The van der Waals surface area contributed by atoms with Gasteiger partial charge in [0.05, 0.1) is 23.1 Å². The molecule has 6 heteroatoms. The fraction of sp³-hybridized carbons (Fsp3) is 0.429. The number of rotatable bonds is 1. The Morgan fingerprint density at radius 2 is 2.10 bits per heavy atom. The third-order valence-electron chi connectivity index (χ3n) is 4.08. The quantitative estimate of drug-likeness (QED) is 0.765. The number of nitrogen functional groups attached to an aromatic ring is 1. The van der Waals surface area contributed by atoms with Crippen LogP contribution < -0.4 is 10.6 Å². The highest BCUT2D eigenvalue weighted by Crippen LogP contribution is 2.34. The standard InChI is InChI=1S/C14H19N5O/c1-14(2)13(20)18(3)4-5-19(14)12-7-11-9(6-10(12)15)8-16-17-11/h6-8H,4-5,15H2,1-3H3,(H,16,17). The Bertz CT molecular complexity index is 675. The molecule has 1 fully saturated rings. The number of hydrogen-bond acceptors (Lipinski definition) is 4. The molecule has 1 saturated heterocycles. The van der Waals surface area contributed by atoms with Crippen molar-refractivity contribution in [3.8, 4) is 0 Å². The summed E-state index contributed by atoms with van der Waals surface area (Å²) in [7, 11) is 1.84. The zero-order valence-corrected chi connectivity index (χ0v) is 12.0. The van der Waals surface area contributed by atoms with Crippen molar-refractivity contribution < 1.29 is 4.79 Å². The Morgan fingerprint density at radius 3 is 2.85 bits per heavy atom. The molecule has 20 heavy (non-hydrogen) atoms. The summed E-state index contributed by atoms with van der Waals surface area (Å²) in [6.45, 7) is 5.32. The Kier molecular flexibility index (Phi) is 2.64. The molecule has 1 amide bonds. The summed E-state index contributed by atoms with van der Waals surface area (Å²) in [5, 5.41) is 7.94. The van der Waals surface area contributed by atoms with Crippen molar-refractivity contribution in [1.29, 1.82) is 0 Å². The summed E-state index contributed by atoms with van der Waals surface area (Å²) >= 11 is 0. The minimum absolute atomic E-state index is 0.104. The molecule has 3 rings (SSSR count). The zero-order chi connectivity index (χ0) is 14.5. The lowest BCUT2D eigenvalue weighted by molar-refractivity contribution is -0.136. The van der Waals surface area contributed by atoms with Gasteiger partial charge in [-0.25, -0.2) is 0 Å². The van der Waals surface area contributed by atoms with E-state index in [0.29, 0.717) is 12.2 Å². The fourth-order valence-corrected chi connectivity index (χ4v) is 2.87. The SMILES string of the molecule is CN1CCN(c2cc3[nH]ncc3cc2N)C(C)(C)C1=O. The number of hydrogen-bond donors (Lipinski definition) is 2. The van der Waals surface area contributed by atoms with Crippen molar-refractivity contribution in [3.05, 3.63) is 18.3 Å². The number of nitrogens with one attached hydrogen (secondary N) is 1. The summed E-state index contributed by atoms with van der Waals surface area (Å²) < 4.78 is 0. The van der Waals surface area contributed by atoms with Gasteiger partial charge in [0, 0.05) is 25.5 Å². The number of aromatic nitrogens is 2. The van der Waals surface area contributed by atoms with Crippen LogP contribution in [0.5, 0.6) is 0 Å². The molecule has 1 aliphatic heterocycles. The third kappa shape index (κ3) is 1.71. The Labute approximate surface area is 117 Å². The molecule has 2 aromatic rings. The molecular formula is C14H19N5O. The van der Waals surface area contributed by atoms with Crippen molar-refractivity contribution in [2.24, 2.45) is 0 Å². The van der Waals surface area contributed by atoms with Crippen LogP contribution >= 0.6 is 0 Å². The molecule has 6 nitrogen and oxygen atoms in total. The molecular weight excluding hydrogens is 254 g/mol. The number of nitrogens with two attached hydrogens (primary N) is 1. The Balaban J connectivity index is 2.10. The van der Waals surface area contributed by atoms with Crippen LogP contribution in [0.4, 0.5) is 11.4 Å². The lowest BCUT2D eigenvalue weighted by Gasteiger charge is -2.46. The first kappa shape index (κ1) is 12.8. The summed E-state index contributed by atoms with van der Waals surface area (Å²) in [5.41, 5.74) is 8.05. The summed E-state index contributed by atoms with van der Waals surface area (Å²) in [6.07, 6.45) is 1.75. The van der Waals surface area contributed by atoms with Crippen LogP contribution in [0.1, 0.15) is 13.8 Å². The Hall–Kier alpha value is -2.24. The van der Waals surface area contributed by atoms with Crippen LogP contribution in [0, 0.1) is 0 Å². The van der Waals surface area contributed by atoms with Gasteiger partial charge >= 0.3 is 0 Å². The van der Waals surface area contributed by atoms with E-state index in [1.54, 1.807) is 11.1 Å². The number of fused-ring (bicyclic) bond motifs is 1. The highest BCUT2D eigenvalue weighted by atomic mass is 16.2. The first-order chi connectivity index (χ1) is 9.41. The number of likely N-dealkylation sites (N-methyl/N-ethyl adjacent to an activating group) is 1. The monoisotopic (exact) mass is 273 g/mol. The molecule has 0 saturated carbocycles. The maximum atomic E-state index is 12.4. The van der Waals surface area contributed by atoms with Gasteiger partial charge in [-0.2, -0.15) is 5.10 Å². The summed E-state index contributed by atoms with van der Waals surface area (Å²) in [5.74, 6) is 0.104. The molecule has 2 heterocycles. The van der Waals surface area contributed by atoms with Gasteiger partial charge in [-0.05, 0) is 26.0 Å². The van der Waals surface area contributed by atoms with Crippen molar-refractivity contribution >= 4 is 28.2 Å². The number of anilines is 2. The first-order valence-corrected chi connectivity index (χ1v) is 6.67. The van der Waals surface area contributed by atoms with Crippen LogP contribution in [0.2, 0.25) is 0 Å². The van der Waals surface area contributed by atoms with E-state index in [1.807, 2.05) is 33.0 Å². The molecule has 0 atom stereocenters. The van der Waals surface area contributed by atoms with Gasteiger partial charge in [-0.3, -0.25) is 9.89 Å². The van der Waals surface area contributed by atoms with Crippen LogP contribution in [-0.4, -0.2) is 46.7 Å². The molecule has 1 aromatic heterocycles. The maximum Gasteiger partial charge on any atom is 0.247 e. The van der Waals surface area contributed by atoms with Crippen LogP contribution in [0.25, 0.3) is 10.9 Å². The van der Waals surface area contributed by atoms with Crippen molar-refractivity contribution in [2.45, 2.75) is 19.4 Å². The second kappa shape index (κ2) is 4.13. The van der Waals surface area contributed by atoms with Gasteiger partial charge < -0.3 is 15.5 Å². The lowest BCUT2D eigenvalue weighted by Crippen LogP contribution is -2.62. The van der Waals surface area contributed by atoms with Gasteiger partial charge in [0.25, 0.3) is 0 Å². The number of piperazine rings is 1. The van der Waals surface area contributed by atoms with E-state index in [9.17, 15) is 4.79 Å². The predicted octanol–water partition coefficient (Wildman–Crippen LogP) is 1.20. The normalized spacial score (nSPS) is 18.9. The third-order valence-corrected chi connectivity index (χ3v) is 4.08. The van der Waals surface area contributed by atoms with E-state index in [2.05, 4.69) is 15.1 Å². The average molecular weight is 273 g/mol. The topological polar surface area (TPSA) is 78.2 Å². The second-order valence-electron chi connectivity index (χ2n) is 5.81. The van der Waals surface area contributed by atoms with Gasteiger partial charge in [-0.1, -0.05) is 0 Å². The molecule has 3 N–H and O–H groups in total. The van der Waals surface area contributed by atoms with Crippen molar-refractivity contribution in [3.63, 3.8) is 0 Å². The number of nitrogens with zero attached hydrogens (tertiary/aromatic N) is 3. The minimum Gasteiger partial charge on any atom is -0.397 e. The van der Waals surface area contributed by atoms with Gasteiger partial charge in [0.1, 0.15) is 5.54 Å². The average Bonchev–Trinajstić information content (AvgIpc) is 2.83. The van der Waals surface area contributed by atoms with Crippen LogP contribution in [0.3, 0.4) is 0 Å². The van der Waals surface area contributed by atoms with E-state index < -0.39 is 5.54 Å². The summed E-state index contributed by atoms with van der Waals surface area (Å²) in [6, 6.07) is 3.87. The largest absolute Gasteiger partial charge is 0.397 e. The minimum atomic E-state index is -0.602. The van der Waals surface area contributed by atoms with Gasteiger partial charge in [0.15, 0.2) is 0 Å². The highest BCUT2D eigenvalue weighted by Gasteiger charge is 2.41. The number of aromatic amines is 1. The molecule has 0 bridgehead atoms. The van der Waals surface area contributed by atoms with Crippen LogP contribution in [0.15, 0.2) is 18.3 Å². The van der Waals surface area contributed by atoms with Gasteiger partial charge in [0.2, 0.25) is 5.91 Å². The molecule has 1 aromatic carbocycles. The number of carbonyl (C=O) groups is 1. The van der Waals surface area contributed by atoms with E-state index in [-0.39, 0.29) is 5.91 Å². The van der Waals surface area contributed by atoms with E-state index >= 15 is 0 Å².